The van der Waals surface area contributed by atoms with Crippen LogP contribution in [0, 0.1) is 13.8 Å². The Labute approximate surface area is 171 Å². The van der Waals surface area contributed by atoms with Crippen molar-refractivity contribution in [2.24, 2.45) is 0 Å². The molecule has 0 unspecified atom stereocenters. The highest BCUT2D eigenvalue weighted by molar-refractivity contribution is 5.89. The fraction of sp³-hybridized carbons (Fsp3) is 0.0741. The van der Waals surface area contributed by atoms with Crippen LogP contribution < -0.4 is 0 Å². The highest BCUT2D eigenvalue weighted by atomic mass is 16.4. The van der Waals surface area contributed by atoms with Gasteiger partial charge in [-0.1, -0.05) is 71.8 Å². The second kappa shape index (κ2) is 7.76. The molecule has 0 aromatic heterocycles. The van der Waals surface area contributed by atoms with Crippen LogP contribution in [-0.4, -0.2) is 11.1 Å². The van der Waals surface area contributed by atoms with E-state index in [-0.39, 0.29) is 0 Å². The van der Waals surface area contributed by atoms with E-state index < -0.39 is 5.97 Å². The van der Waals surface area contributed by atoms with Gasteiger partial charge < -0.3 is 5.11 Å². The maximum Gasteiger partial charge on any atom is 0.335 e. The highest BCUT2D eigenvalue weighted by Gasteiger charge is 2.09. The summed E-state index contributed by atoms with van der Waals surface area (Å²) in [6.45, 7) is 4.17. The monoisotopic (exact) mass is 378 g/mol. The van der Waals surface area contributed by atoms with E-state index in [0.717, 1.165) is 33.4 Å². The Kier molecular flexibility index (Phi) is 5.01. The Bertz CT molecular complexity index is 1090. The Morgan fingerprint density at radius 2 is 0.828 bits per heavy atom. The van der Waals surface area contributed by atoms with Crippen molar-refractivity contribution >= 4 is 5.97 Å². The summed E-state index contributed by atoms with van der Waals surface area (Å²) in [6.07, 6.45) is 0. The first-order valence-electron chi connectivity index (χ1n) is 9.62. The summed E-state index contributed by atoms with van der Waals surface area (Å²) in [4.78, 5) is 11.2. The summed E-state index contributed by atoms with van der Waals surface area (Å²) in [6, 6.07) is 30.6. The largest absolute Gasteiger partial charge is 0.478 e. The molecule has 0 amide bonds. The molecule has 0 spiro atoms. The van der Waals surface area contributed by atoms with Gasteiger partial charge in [-0.05, 0) is 77.6 Å². The zero-order valence-corrected chi connectivity index (χ0v) is 16.5. The molecule has 0 bridgehead atoms. The van der Waals surface area contributed by atoms with Crippen LogP contribution >= 0.6 is 0 Å². The minimum atomic E-state index is -0.912. The van der Waals surface area contributed by atoms with Crippen LogP contribution in [0.25, 0.3) is 33.4 Å². The van der Waals surface area contributed by atoms with Gasteiger partial charge in [0.1, 0.15) is 0 Å². The van der Waals surface area contributed by atoms with Crippen LogP contribution in [0.2, 0.25) is 0 Å². The van der Waals surface area contributed by atoms with Crippen molar-refractivity contribution in [2.75, 3.05) is 0 Å². The second-order valence-corrected chi connectivity index (χ2v) is 7.41. The number of carboxylic acids is 1. The number of rotatable bonds is 4. The first kappa shape index (κ1) is 18.7. The molecule has 29 heavy (non-hydrogen) atoms. The Balaban J connectivity index is 1.86. The van der Waals surface area contributed by atoms with Crippen molar-refractivity contribution in [3.8, 4) is 33.4 Å². The first-order valence-corrected chi connectivity index (χ1v) is 9.62. The van der Waals surface area contributed by atoms with Crippen LogP contribution in [0.15, 0.2) is 91.0 Å². The number of carbonyl (C=O) groups is 1. The van der Waals surface area contributed by atoms with Gasteiger partial charge in [-0.2, -0.15) is 0 Å². The summed E-state index contributed by atoms with van der Waals surface area (Å²) in [5, 5.41) is 9.18. The molecule has 2 nitrogen and oxygen atoms in total. The molecule has 0 radical (unpaired) electrons. The van der Waals surface area contributed by atoms with E-state index in [4.69, 9.17) is 0 Å². The first-order chi connectivity index (χ1) is 14.0. The van der Waals surface area contributed by atoms with E-state index in [0.29, 0.717) is 5.56 Å². The van der Waals surface area contributed by atoms with E-state index in [1.807, 2.05) is 12.1 Å². The molecule has 0 aliphatic heterocycles. The predicted molar refractivity (Wildman–Crippen MR) is 119 cm³/mol. The number of benzene rings is 4. The van der Waals surface area contributed by atoms with Crippen molar-refractivity contribution in [1.82, 2.24) is 0 Å². The predicted octanol–water partition coefficient (Wildman–Crippen LogP) is 7.00. The van der Waals surface area contributed by atoms with Gasteiger partial charge in [0.25, 0.3) is 0 Å². The maximum atomic E-state index is 11.2. The van der Waals surface area contributed by atoms with Crippen molar-refractivity contribution in [1.29, 1.82) is 0 Å². The third-order valence-corrected chi connectivity index (χ3v) is 5.17. The fourth-order valence-corrected chi connectivity index (χ4v) is 3.42. The van der Waals surface area contributed by atoms with Gasteiger partial charge in [0, 0.05) is 0 Å². The second-order valence-electron chi connectivity index (χ2n) is 7.41. The fourth-order valence-electron chi connectivity index (χ4n) is 3.42. The van der Waals surface area contributed by atoms with E-state index >= 15 is 0 Å². The van der Waals surface area contributed by atoms with Gasteiger partial charge in [0.2, 0.25) is 0 Å². The molecule has 142 valence electrons. The number of aryl methyl sites for hydroxylation is 2. The van der Waals surface area contributed by atoms with Gasteiger partial charge in [0.05, 0.1) is 5.56 Å². The molecule has 0 fully saturated rings. The molecule has 0 aliphatic carbocycles. The zero-order chi connectivity index (χ0) is 20.4. The van der Waals surface area contributed by atoms with Crippen molar-refractivity contribution in [2.45, 2.75) is 13.8 Å². The smallest absolute Gasteiger partial charge is 0.335 e. The highest BCUT2D eigenvalue weighted by Crippen LogP contribution is 2.33. The lowest BCUT2D eigenvalue weighted by Gasteiger charge is -2.12. The van der Waals surface area contributed by atoms with Crippen molar-refractivity contribution in [3.05, 3.63) is 108 Å². The normalized spacial score (nSPS) is 10.7. The number of hydrogen-bond acceptors (Lipinski definition) is 1. The maximum absolute atomic E-state index is 11.2. The summed E-state index contributed by atoms with van der Waals surface area (Å²) in [7, 11) is 0. The van der Waals surface area contributed by atoms with E-state index in [9.17, 15) is 9.90 Å². The minimum Gasteiger partial charge on any atom is -0.478 e. The van der Waals surface area contributed by atoms with E-state index in [1.54, 1.807) is 12.1 Å². The van der Waals surface area contributed by atoms with Gasteiger partial charge in [0.15, 0.2) is 0 Å². The molecule has 0 atom stereocenters. The average molecular weight is 378 g/mol. The molecule has 4 rings (SSSR count). The molecule has 0 heterocycles. The van der Waals surface area contributed by atoms with E-state index in [2.05, 4.69) is 80.6 Å². The standard InChI is InChI=1S/C27H22O2/c1-18-3-7-20(8-4-18)24-15-25(21-9-5-19(2)6-10-21)17-26(16-24)22-11-13-23(14-12-22)27(28)29/h3-17H,1-2H3,(H,28,29). The third-order valence-electron chi connectivity index (χ3n) is 5.17. The quantitative estimate of drug-likeness (QED) is 0.415. The van der Waals surface area contributed by atoms with Gasteiger partial charge in [-0.15, -0.1) is 0 Å². The Morgan fingerprint density at radius 3 is 1.14 bits per heavy atom. The number of carboxylic acid groups (broad SMARTS) is 1. The molecule has 4 aromatic rings. The van der Waals surface area contributed by atoms with Crippen LogP contribution in [0.4, 0.5) is 0 Å². The van der Waals surface area contributed by atoms with Gasteiger partial charge >= 0.3 is 5.97 Å². The lowest BCUT2D eigenvalue weighted by atomic mass is 9.92. The van der Waals surface area contributed by atoms with Crippen LogP contribution in [0.1, 0.15) is 21.5 Å². The number of aromatic carboxylic acids is 1. The molecular weight excluding hydrogens is 356 g/mol. The van der Waals surface area contributed by atoms with Crippen molar-refractivity contribution in [3.63, 3.8) is 0 Å². The minimum absolute atomic E-state index is 0.294. The molecule has 1 N–H and O–H groups in total. The Morgan fingerprint density at radius 1 is 0.517 bits per heavy atom. The zero-order valence-electron chi connectivity index (χ0n) is 16.5. The lowest BCUT2D eigenvalue weighted by Crippen LogP contribution is -1.95. The summed E-state index contributed by atoms with van der Waals surface area (Å²) < 4.78 is 0. The SMILES string of the molecule is Cc1ccc(-c2cc(-c3ccc(C)cc3)cc(-c3ccc(C(=O)O)cc3)c2)cc1. The average Bonchev–Trinajstić information content (AvgIpc) is 2.74. The molecule has 2 heteroatoms. The summed E-state index contributed by atoms with van der Waals surface area (Å²) >= 11 is 0. The molecular formula is C27H22O2. The molecule has 0 saturated heterocycles. The van der Waals surface area contributed by atoms with Crippen LogP contribution in [0.5, 0.6) is 0 Å². The van der Waals surface area contributed by atoms with Crippen molar-refractivity contribution < 1.29 is 9.90 Å². The van der Waals surface area contributed by atoms with Gasteiger partial charge in [-0.25, -0.2) is 4.79 Å². The third kappa shape index (κ3) is 4.12. The molecule has 0 saturated carbocycles. The summed E-state index contributed by atoms with van der Waals surface area (Å²) in [5.74, 6) is -0.912. The van der Waals surface area contributed by atoms with E-state index in [1.165, 1.54) is 11.1 Å². The van der Waals surface area contributed by atoms with Crippen LogP contribution in [0.3, 0.4) is 0 Å². The van der Waals surface area contributed by atoms with Crippen LogP contribution in [-0.2, 0) is 0 Å². The number of hydrogen-bond donors (Lipinski definition) is 1. The lowest BCUT2D eigenvalue weighted by molar-refractivity contribution is 0.0697. The molecule has 0 aliphatic rings. The topological polar surface area (TPSA) is 37.3 Å². The summed E-state index contributed by atoms with van der Waals surface area (Å²) in [5.41, 5.74) is 9.41. The molecule has 4 aromatic carbocycles. The Hall–Kier alpha value is -3.65. The van der Waals surface area contributed by atoms with Gasteiger partial charge in [-0.3, -0.25) is 0 Å².